The summed E-state index contributed by atoms with van der Waals surface area (Å²) in [6, 6.07) is 13.9. The number of hydrogen-bond acceptors (Lipinski definition) is 5. The SMILES string of the molecule is Cc1ccccc1/C=C1\SC(=S)N(CCCCCC(=O)Nc2ccc(C(=O)O)cc2)C1=O. The maximum atomic E-state index is 12.7. The van der Waals surface area contributed by atoms with Gasteiger partial charge in [0.2, 0.25) is 5.91 Å². The quantitative estimate of drug-likeness (QED) is 0.303. The molecular weight excluding hydrogens is 444 g/mol. The third kappa shape index (κ3) is 6.27. The van der Waals surface area contributed by atoms with Gasteiger partial charge in [-0.05, 0) is 61.2 Å². The zero-order valence-electron chi connectivity index (χ0n) is 17.7. The van der Waals surface area contributed by atoms with E-state index >= 15 is 0 Å². The topological polar surface area (TPSA) is 86.7 Å². The van der Waals surface area contributed by atoms with Crippen molar-refractivity contribution in [2.75, 3.05) is 11.9 Å². The van der Waals surface area contributed by atoms with E-state index in [0.717, 1.165) is 24.0 Å². The van der Waals surface area contributed by atoms with Gasteiger partial charge in [0.15, 0.2) is 0 Å². The molecule has 1 heterocycles. The highest BCUT2D eigenvalue weighted by Crippen LogP contribution is 2.33. The molecule has 1 saturated heterocycles. The normalized spacial score (nSPS) is 14.8. The van der Waals surface area contributed by atoms with Crippen LogP contribution in [0.5, 0.6) is 0 Å². The van der Waals surface area contributed by atoms with E-state index in [0.29, 0.717) is 34.3 Å². The third-order valence-corrected chi connectivity index (χ3v) is 6.43. The lowest BCUT2D eigenvalue weighted by molar-refractivity contribution is -0.122. The van der Waals surface area contributed by atoms with E-state index in [1.807, 2.05) is 37.3 Å². The van der Waals surface area contributed by atoms with Crippen molar-refractivity contribution in [3.05, 3.63) is 70.1 Å². The summed E-state index contributed by atoms with van der Waals surface area (Å²) in [7, 11) is 0. The predicted octanol–water partition coefficient (Wildman–Crippen LogP) is 5.09. The summed E-state index contributed by atoms with van der Waals surface area (Å²) in [6.07, 6.45) is 4.48. The first-order valence-electron chi connectivity index (χ1n) is 10.3. The zero-order chi connectivity index (χ0) is 23.1. The number of carboxylic acid groups (broad SMARTS) is 1. The maximum Gasteiger partial charge on any atom is 0.335 e. The summed E-state index contributed by atoms with van der Waals surface area (Å²) in [5.74, 6) is -1.19. The second kappa shape index (κ2) is 11.1. The van der Waals surface area contributed by atoms with Crippen LogP contribution in [0.3, 0.4) is 0 Å². The average molecular weight is 469 g/mol. The minimum atomic E-state index is -1.00. The Morgan fingerprint density at radius 3 is 2.50 bits per heavy atom. The molecule has 0 bridgehead atoms. The molecule has 2 N–H and O–H groups in total. The van der Waals surface area contributed by atoms with Crippen LogP contribution in [0, 0.1) is 6.92 Å². The molecule has 1 aliphatic heterocycles. The number of hydrogen-bond donors (Lipinski definition) is 2. The van der Waals surface area contributed by atoms with Gasteiger partial charge in [-0.2, -0.15) is 0 Å². The smallest absolute Gasteiger partial charge is 0.335 e. The number of amides is 2. The number of carboxylic acids is 1. The van der Waals surface area contributed by atoms with E-state index in [4.69, 9.17) is 17.3 Å². The van der Waals surface area contributed by atoms with Gasteiger partial charge in [-0.15, -0.1) is 0 Å². The van der Waals surface area contributed by atoms with E-state index in [-0.39, 0.29) is 17.4 Å². The van der Waals surface area contributed by atoms with Gasteiger partial charge in [0.05, 0.1) is 10.5 Å². The first-order valence-corrected chi connectivity index (χ1v) is 11.5. The Bertz CT molecular complexity index is 1060. The molecule has 6 nitrogen and oxygen atoms in total. The van der Waals surface area contributed by atoms with Gasteiger partial charge in [0.25, 0.3) is 5.91 Å². The van der Waals surface area contributed by atoms with Crippen LogP contribution in [0.2, 0.25) is 0 Å². The molecule has 0 saturated carbocycles. The molecule has 8 heteroatoms. The Morgan fingerprint density at radius 1 is 1.09 bits per heavy atom. The Labute approximate surface area is 196 Å². The lowest BCUT2D eigenvalue weighted by Gasteiger charge is -2.14. The van der Waals surface area contributed by atoms with Gasteiger partial charge in [-0.25, -0.2) is 4.79 Å². The van der Waals surface area contributed by atoms with E-state index in [2.05, 4.69) is 5.32 Å². The number of aromatic carboxylic acids is 1. The molecule has 0 aliphatic carbocycles. The molecule has 1 aliphatic rings. The first-order chi connectivity index (χ1) is 15.3. The number of unbranched alkanes of at least 4 members (excludes halogenated alkanes) is 2. The molecule has 1 fully saturated rings. The summed E-state index contributed by atoms with van der Waals surface area (Å²) in [6.45, 7) is 2.54. The molecule has 32 heavy (non-hydrogen) atoms. The summed E-state index contributed by atoms with van der Waals surface area (Å²) >= 11 is 6.71. The van der Waals surface area contributed by atoms with Crippen LogP contribution in [-0.2, 0) is 9.59 Å². The first kappa shape index (κ1) is 23.7. The van der Waals surface area contributed by atoms with E-state index < -0.39 is 5.97 Å². The van der Waals surface area contributed by atoms with E-state index in [1.54, 1.807) is 17.0 Å². The standard InChI is InChI=1S/C24H24N2O4S2/c1-16-7-4-5-8-18(16)15-20-22(28)26(24(31)32-20)14-6-2-3-9-21(27)25-19-12-10-17(11-13-19)23(29)30/h4-5,7-8,10-13,15H,2-3,6,9,14H2,1H3,(H,25,27)(H,29,30)/b20-15-. The van der Waals surface area contributed by atoms with E-state index in [1.165, 1.54) is 23.9 Å². The van der Waals surface area contributed by atoms with Gasteiger partial charge < -0.3 is 10.4 Å². The number of aryl methyl sites for hydroxylation is 1. The molecule has 166 valence electrons. The van der Waals surface area contributed by atoms with Gasteiger partial charge in [-0.3, -0.25) is 14.5 Å². The molecular formula is C24H24N2O4S2. The fourth-order valence-corrected chi connectivity index (χ4v) is 4.53. The van der Waals surface area contributed by atoms with Gasteiger partial charge in [0.1, 0.15) is 4.32 Å². The number of thioether (sulfide) groups is 1. The highest BCUT2D eigenvalue weighted by molar-refractivity contribution is 8.26. The van der Waals surface area contributed by atoms with Crippen LogP contribution >= 0.6 is 24.0 Å². The van der Waals surface area contributed by atoms with Gasteiger partial charge in [-0.1, -0.05) is 54.7 Å². The van der Waals surface area contributed by atoms with Crippen molar-refractivity contribution in [3.63, 3.8) is 0 Å². The molecule has 0 unspecified atom stereocenters. The number of nitrogens with zero attached hydrogens (tertiary/aromatic N) is 1. The molecule has 0 atom stereocenters. The molecule has 0 spiro atoms. The fourth-order valence-electron chi connectivity index (χ4n) is 3.23. The third-order valence-electron chi connectivity index (χ3n) is 5.05. The van der Waals surface area contributed by atoms with Crippen LogP contribution in [-0.4, -0.2) is 38.7 Å². The lowest BCUT2D eigenvalue weighted by Crippen LogP contribution is -2.29. The van der Waals surface area contributed by atoms with Gasteiger partial charge in [0, 0.05) is 18.7 Å². The van der Waals surface area contributed by atoms with Crippen LogP contribution in [0.25, 0.3) is 6.08 Å². The molecule has 0 radical (unpaired) electrons. The molecule has 2 amide bonds. The minimum absolute atomic E-state index is 0.0641. The Kier molecular flexibility index (Phi) is 8.19. The number of carbonyl (C=O) groups is 3. The number of thiocarbonyl (C=S) groups is 1. The molecule has 3 rings (SSSR count). The lowest BCUT2D eigenvalue weighted by atomic mass is 10.1. The maximum absolute atomic E-state index is 12.7. The number of nitrogens with one attached hydrogen (secondary N) is 1. The van der Waals surface area contributed by atoms with Crippen molar-refractivity contribution in [1.82, 2.24) is 4.90 Å². The summed E-state index contributed by atoms with van der Waals surface area (Å²) < 4.78 is 0.567. The van der Waals surface area contributed by atoms with Crippen molar-refractivity contribution in [2.24, 2.45) is 0 Å². The highest BCUT2D eigenvalue weighted by Gasteiger charge is 2.31. The summed E-state index contributed by atoms with van der Waals surface area (Å²) in [4.78, 5) is 37.9. The number of benzene rings is 2. The van der Waals surface area contributed by atoms with Crippen molar-refractivity contribution in [2.45, 2.75) is 32.6 Å². The average Bonchev–Trinajstić information content (AvgIpc) is 3.02. The minimum Gasteiger partial charge on any atom is -0.478 e. The number of rotatable bonds is 9. The van der Waals surface area contributed by atoms with Crippen molar-refractivity contribution >= 4 is 57.8 Å². The fraction of sp³-hybridized carbons (Fsp3) is 0.250. The summed E-state index contributed by atoms with van der Waals surface area (Å²) in [5.41, 5.74) is 2.86. The summed E-state index contributed by atoms with van der Waals surface area (Å²) in [5, 5.41) is 11.7. The van der Waals surface area contributed by atoms with Crippen LogP contribution < -0.4 is 5.32 Å². The monoisotopic (exact) mass is 468 g/mol. The van der Waals surface area contributed by atoms with Crippen molar-refractivity contribution < 1.29 is 19.5 Å². The second-order valence-corrected chi connectivity index (χ2v) is 9.11. The Morgan fingerprint density at radius 2 is 1.81 bits per heavy atom. The van der Waals surface area contributed by atoms with Gasteiger partial charge >= 0.3 is 5.97 Å². The number of carbonyl (C=O) groups excluding carboxylic acids is 2. The van der Waals surface area contributed by atoms with E-state index in [9.17, 15) is 14.4 Å². The van der Waals surface area contributed by atoms with Crippen LogP contribution in [0.1, 0.15) is 47.2 Å². The zero-order valence-corrected chi connectivity index (χ0v) is 19.3. The Hall–Kier alpha value is -2.97. The van der Waals surface area contributed by atoms with Crippen molar-refractivity contribution in [3.8, 4) is 0 Å². The molecule has 2 aromatic rings. The van der Waals surface area contributed by atoms with Crippen LogP contribution in [0.15, 0.2) is 53.4 Å². The molecule has 2 aromatic carbocycles. The molecule has 0 aromatic heterocycles. The van der Waals surface area contributed by atoms with Crippen LogP contribution in [0.4, 0.5) is 5.69 Å². The predicted molar refractivity (Wildman–Crippen MR) is 132 cm³/mol. The van der Waals surface area contributed by atoms with Crippen molar-refractivity contribution in [1.29, 1.82) is 0 Å². The Balaban J connectivity index is 1.41. The largest absolute Gasteiger partial charge is 0.478 e. The number of anilines is 1. The highest BCUT2D eigenvalue weighted by atomic mass is 32.2. The second-order valence-electron chi connectivity index (χ2n) is 7.43.